The van der Waals surface area contributed by atoms with E-state index in [0.29, 0.717) is 28.5 Å². The van der Waals surface area contributed by atoms with Gasteiger partial charge in [-0.25, -0.2) is 0 Å². The molecule has 2 amide bonds. The first-order valence-corrected chi connectivity index (χ1v) is 8.29. The summed E-state index contributed by atoms with van der Waals surface area (Å²) in [5.74, 6) is -0.870. The van der Waals surface area contributed by atoms with Crippen molar-refractivity contribution in [3.8, 4) is 0 Å². The number of carbonyl (C=O) groups is 3. The quantitative estimate of drug-likeness (QED) is 0.852. The maximum atomic E-state index is 12.5. The van der Waals surface area contributed by atoms with E-state index in [1.54, 1.807) is 53.4 Å². The van der Waals surface area contributed by atoms with E-state index in [-0.39, 0.29) is 24.0 Å². The molecule has 0 unspecified atom stereocenters. The lowest BCUT2D eigenvalue weighted by molar-refractivity contribution is -0.122. The van der Waals surface area contributed by atoms with E-state index in [4.69, 9.17) is 11.6 Å². The minimum absolute atomic E-state index is 0.0701. The number of hydrogen-bond donors (Lipinski definition) is 1. The van der Waals surface area contributed by atoms with E-state index in [1.165, 1.54) is 6.92 Å². The second-order valence-electron chi connectivity index (χ2n) is 6.01. The standard InChI is InChI=1S/C19H17ClN2O3/c1-12(23)13-4-2-6-16(8-13)21-19(25)14-9-18(24)22(11-14)17-7-3-5-15(20)10-17/h2-8,10,14H,9,11H2,1H3,(H,21,25)/t14-/m1/s1. The molecule has 25 heavy (non-hydrogen) atoms. The first-order chi connectivity index (χ1) is 11.9. The first-order valence-electron chi connectivity index (χ1n) is 7.92. The summed E-state index contributed by atoms with van der Waals surface area (Å²) in [5, 5.41) is 3.33. The van der Waals surface area contributed by atoms with Gasteiger partial charge in [-0.3, -0.25) is 14.4 Å². The van der Waals surface area contributed by atoms with Gasteiger partial charge in [0.15, 0.2) is 5.78 Å². The highest BCUT2D eigenvalue weighted by Crippen LogP contribution is 2.28. The smallest absolute Gasteiger partial charge is 0.229 e. The van der Waals surface area contributed by atoms with E-state index in [2.05, 4.69) is 5.32 Å². The Labute approximate surface area is 150 Å². The highest BCUT2D eigenvalue weighted by Gasteiger charge is 2.35. The minimum Gasteiger partial charge on any atom is -0.326 e. The van der Waals surface area contributed by atoms with E-state index in [0.717, 1.165) is 0 Å². The summed E-state index contributed by atoms with van der Waals surface area (Å²) in [6.45, 7) is 1.77. The zero-order valence-corrected chi connectivity index (χ0v) is 14.4. The van der Waals surface area contributed by atoms with Gasteiger partial charge in [0.25, 0.3) is 0 Å². The van der Waals surface area contributed by atoms with E-state index < -0.39 is 5.92 Å². The molecule has 0 saturated carbocycles. The van der Waals surface area contributed by atoms with Crippen LogP contribution in [-0.4, -0.2) is 24.1 Å². The zero-order valence-electron chi connectivity index (χ0n) is 13.7. The van der Waals surface area contributed by atoms with Crippen molar-refractivity contribution in [1.82, 2.24) is 0 Å². The highest BCUT2D eigenvalue weighted by atomic mass is 35.5. The molecule has 1 atom stereocenters. The van der Waals surface area contributed by atoms with Crippen LogP contribution in [0.15, 0.2) is 48.5 Å². The molecule has 1 aliphatic heterocycles. The SMILES string of the molecule is CC(=O)c1cccc(NC(=O)[C@@H]2CC(=O)N(c3cccc(Cl)c3)C2)c1. The molecule has 6 heteroatoms. The molecular weight excluding hydrogens is 340 g/mol. The molecule has 2 aromatic carbocycles. The lowest BCUT2D eigenvalue weighted by atomic mass is 10.1. The Morgan fingerprint density at radius 1 is 1.16 bits per heavy atom. The Hall–Kier alpha value is -2.66. The molecule has 0 radical (unpaired) electrons. The van der Waals surface area contributed by atoms with Crippen molar-refractivity contribution >= 4 is 40.6 Å². The zero-order chi connectivity index (χ0) is 18.0. The van der Waals surface area contributed by atoms with Crippen molar-refractivity contribution in [3.05, 3.63) is 59.1 Å². The molecule has 1 saturated heterocycles. The van der Waals surface area contributed by atoms with Crippen LogP contribution >= 0.6 is 11.6 Å². The van der Waals surface area contributed by atoms with Crippen LogP contribution in [0.1, 0.15) is 23.7 Å². The summed E-state index contributed by atoms with van der Waals surface area (Å²) < 4.78 is 0. The van der Waals surface area contributed by atoms with Crippen LogP contribution < -0.4 is 10.2 Å². The number of halogens is 1. The third-order valence-corrected chi connectivity index (χ3v) is 4.39. The van der Waals surface area contributed by atoms with Crippen LogP contribution in [0.2, 0.25) is 5.02 Å². The number of carbonyl (C=O) groups excluding carboxylic acids is 3. The van der Waals surface area contributed by atoms with Crippen LogP contribution in [0.5, 0.6) is 0 Å². The van der Waals surface area contributed by atoms with E-state index >= 15 is 0 Å². The molecule has 5 nitrogen and oxygen atoms in total. The Kier molecular flexibility index (Phi) is 4.86. The molecule has 0 aromatic heterocycles. The molecule has 0 spiro atoms. The maximum Gasteiger partial charge on any atom is 0.229 e. The lowest BCUT2D eigenvalue weighted by Crippen LogP contribution is -2.28. The summed E-state index contributed by atoms with van der Waals surface area (Å²) in [6.07, 6.45) is 0.144. The lowest BCUT2D eigenvalue weighted by Gasteiger charge is -2.17. The van der Waals surface area contributed by atoms with Crippen LogP contribution in [-0.2, 0) is 9.59 Å². The fourth-order valence-corrected chi connectivity index (χ4v) is 3.02. The third-order valence-electron chi connectivity index (χ3n) is 4.15. The average molecular weight is 357 g/mol. The average Bonchev–Trinajstić information content (AvgIpc) is 2.97. The van der Waals surface area contributed by atoms with E-state index in [9.17, 15) is 14.4 Å². The number of Topliss-reactive ketones (excluding diaryl/α,β-unsaturated/α-hetero) is 1. The van der Waals surface area contributed by atoms with Gasteiger partial charge in [-0.05, 0) is 37.3 Å². The van der Waals surface area contributed by atoms with Crippen molar-refractivity contribution in [1.29, 1.82) is 0 Å². The number of ketones is 1. The van der Waals surface area contributed by atoms with Gasteiger partial charge in [0.1, 0.15) is 0 Å². The molecule has 1 N–H and O–H groups in total. The predicted molar refractivity (Wildman–Crippen MR) is 97.0 cm³/mol. The number of nitrogens with one attached hydrogen (secondary N) is 1. The Morgan fingerprint density at radius 3 is 2.64 bits per heavy atom. The van der Waals surface area contributed by atoms with Crippen molar-refractivity contribution < 1.29 is 14.4 Å². The van der Waals surface area contributed by atoms with Crippen LogP contribution in [0.3, 0.4) is 0 Å². The second kappa shape index (κ2) is 7.07. The van der Waals surface area contributed by atoms with Gasteiger partial charge >= 0.3 is 0 Å². The summed E-state index contributed by atoms with van der Waals surface area (Å²) in [5.41, 5.74) is 1.76. The number of rotatable bonds is 4. The molecule has 1 aliphatic rings. The molecular formula is C19H17ClN2O3. The molecule has 1 heterocycles. The second-order valence-corrected chi connectivity index (χ2v) is 6.45. The van der Waals surface area contributed by atoms with Crippen molar-refractivity contribution in [2.24, 2.45) is 5.92 Å². The number of amides is 2. The summed E-state index contributed by atoms with van der Waals surface area (Å²) >= 11 is 5.97. The maximum absolute atomic E-state index is 12.5. The van der Waals surface area contributed by atoms with Gasteiger partial charge in [-0.2, -0.15) is 0 Å². The van der Waals surface area contributed by atoms with Crippen LogP contribution in [0.4, 0.5) is 11.4 Å². The predicted octanol–water partition coefficient (Wildman–Crippen LogP) is 3.53. The number of benzene rings is 2. The summed E-state index contributed by atoms with van der Waals surface area (Å²) in [7, 11) is 0. The monoisotopic (exact) mass is 356 g/mol. The van der Waals surface area contributed by atoms with Crippen molar-refractivity contribution in [3.63, 3.8) is 0 Å². The topological polar surface area (TPSA) is 66.5 Å². The first kappa shape index (κ1) is 17.2. The van der Waals surface area contributed by atoms with Gasteiger partial charge in [0, 0.05) is 34.9 Å². The molecule has 128 valence electrons. The third kappa shape index (κ3) is 3.88. The summed E-state index contributed by atoms with van der Waals surface area (Å²) in [4.78, 5) is 37.7. The normalized spacial score (nSPS) is 16.8. The van der Waals surface area contributed by atoms with Gasteiger partial charge < -0.3 is 10.2 Å². The van der Waals surface area contributed by atoms with Crippen LogP contribution in [0, 0.1) is 5.92 Å². The Morgan fingerprint density at radius 2 is 1.92 bits per heavy atom. The fourth-order valence-electron chi connectivity index (χ4n) is 2.84. The molecule has 0 bridgehead atoms. The highest BCUT2D eigenvalue weighted by molar-refractivity contribution is 6.31. The molecule has 0 aliphatic carbocycles. The summed E-state index contributed by atoms with van der Waals surface area (Å²) in [6, 6.07) is 13.8. The van der Waals surface area contributed by atoms with Crippen LogP contribution in [0.25, 0.3) is 0 Å². The largest absolute Gasteiger partial charge is 0.326 e. The van der Waals surface area contributed by atoms with E-state index in [1.807, 2.05) is 0 Å². The van der Waals surface area contributed by atoms with Crippen molar-refractivity contribution in [2.75, 3.05) is 16.8 Å². The van der Waals surface area contributed by atoms with Gasteiger partial charge in [0.2, 0.25) is 11.8 Å². The number of hydrogen-bond acceptors (Lipinski definition) is 3. The minimum atomic E-state index is -0.451. The molecule has 1 fully saturated rings. The van der Waals surface area contributed by atoms with Gasteiger partial charge in [0.05, 0.1) is 5.92 Å². The van der Waals surface area contributed by atoms with Gasteiger partial charge in [-0.1, -0.05) is 29.8 Å². The van der Waals surface area contributed by atoms with Crippen molar-refractivity contribution in [2.45, 2.75) is 13.3 Å². The molecule has 3 rings (SSSR count). The molecule has 2 aromatic rings. The Balaban J connectivity index is 1.71. The fraction of sp³-hybridized carbons (Fsp3) is 0.211. The Bertz CT molecular complexity index is 850. The number of nitrogens with zero attached hydrogens (tertiary/aromatic N) is 1. The van der Waals surface area contributed by atoms with Gasteiger partial charge in [-0.15, -0.1) is 0 Å². The number of anilines is 2.